The molecule has 11 heavy (non-hydrogen) atoms. The highest BCUT2D eigenvalue weighted by molar-refractivity contribution is 5.85. The first-order chi connectivity index (χ1) is 5.18. The van der Waals surface area contributed by atoms with Gasteiger partial charge in [0.25, 0.3) is 0 Å². The van der Waals surface area contributed by atoms with E-state index < -0.39 is 0 Å². The lowest BCUT2D eigenvalue weighted by molar-refractivity contribution is -0.113. The van der Waals surface area contributed by atoms with E-state index in [1.54, 1.807) is 6.08 Å². The van der Waals surface area contributed by atoms with Crippen molar-refractivity contribution < 1.29 is 4.79 Å². The molecule has 0 unspecified atom stereocenters. The molecular formula is C8H18N2O. The molecule has 0 rings (SSSR count). The molecule has 0 bridgehead atoms. The third kappa shape index (κ3) is 27.1. The zero-order chi connectivity index (χ0) is 9.11. The minimum atomic E-state index is -0.363. The van der Waals surface area contributed by atoms with Crippen molar-refractivity contribution in [2.45, 2.75) is 19.8 Å². The van der Waals surface area contributed by atoms with Crippen molar-refractivity contribution in [3.8, 4) is 0 Å². The van der Waals surface area contributed by atoms with Crippen LogP contribution in [-0.2, 0) is 4.79 Å². The van der Waals surface area contributed by atoms with Crippen LogP contribution in [0.5, 0.6) is 0 Å². The highest BCUT2D eigenvalue weighted by Gasteiger charge is 1.78. The fourth-order valence-electron chi connectivity index (χ4n) is 0.366. The molecule has 0 saturated carbocycles. The molecule has 0 aliphatic carbocycles. The van der Waals surface area contributed by atoms with Gasteiger partial charge in [0.2, 0.25) is 5.91 Å². The molecular weight excluding hydrogens is 140 g/mol. The molecule has 3 nitrogen and oxygen atoms in total. The van der Waals surface area contributed by atoms with Gasteiger partial charge in [-0.2, -0.15) is 0 Å². The van der Waals surface area contributed by atoms with Crippen LogP contribution in [0.1, 0.15) is 19.8 Å². The van der Waals surface area contributed by atoms with E-state index in [0.29, 0.717) is 0 Å². The van der Waals surface area contributed by atoms with Gasteiger partial charge in [0, 0.05) is 0 Å². The fraction of sp³-hybridized carbons (Fsp3) is 0.625. The van der Waals surface area contributed by atoms with Crippen molar-refractivity contribution in [2.75, 3.05) is 14.1 Å². The van der Waals surface area contributed by atoms with Crippen LogP contribution in [0.4, 0.5) is 0 Å². The summed E-state index contributed by atoms with van der Waals surface area (Å²) in [4.78, 5) is 10.0. The quantitative estimate of drug-likeness (QED) is 0.593. The van der Waals surface area contributed by atoms with Gasteiger partial charge in [0.1, 0.15) is 0 Å². The molecule has 66 valence electrons. The van der Waals surface area contributed by atoms with Gasteiger partial charge in [-0.15, -0.1) is 0 Å². The van der Waals surface area contributed by atoms with E-state index in [0.717, 1.165) is 12.8 Å². The normalized spacial score (nSPS) is 9.00. The Hall–Kier alpha value is -0.830. The molecule has 0 spiro atoms. The molecule has 0 heterocycles. The van der Waals surface area contributed by atoms with Crippen molar-refractivity contribution in [1.29, 1.82) is 0 Å². The number of nitrogens with two attached hydrogens (primary N) is 1. The Kier molecular flexibility index (Phi) is 13.9. The van der Waals surface area contributed by atoms with E-state index in [9.17, 15) is 4.79 Å². The first-order valence-electron chi connectivity index (χ1n) is 3.73. The first kappa shape index (κ1) is 12.8. The van der Waals surface area contributed by atoms with Gasteiger partial charge in [-0.3, -0.25) is 4.79 Å². The Morgan fingerprint density at radius 3 is 2.27 bits per heavy atom. The number of hydrogen-bond donors (Lipinski definition) is 2. The highest BCUT2D eigenvalue weighted by Crippen LogP contribution is 1.86. The SMILES string of the molecule is CCCC=CC(N)=O.CNC. The number of hydrogen-bond acceptors (Lipinski definition) is 2. The average Bonchev–Trinajstić information content (AvgIpc) is 1.89. The molecule has 3 heteroatoms. The molecule has 0 atom stereocenters. The van der Waals surface area contributed by atoms with Crippen molar-refractivity contribution in [3.63, 3.8) is 0 Å². The number of nitrogens with one attached hydrogen (secondary N) is 1. The third-order valence-corrected chi connectivity index (χ3v) is 0.737. The summed E-state index contributed by atoms with van der Waals surface area (Å²) >= 11 is 0. The minimum Gasteiger partial charge on any atom is -0.366 e. The van der Waals surface area contributed by atoms with Gasteiger partial charge < -0.3 is 11.1 Å². The second-order valence-corrected chi connectivity index (χ2v) is 2.09. The lowest BCUT2D eigenvalue weighted by atomic mass is 10.3. The Morgan fingerprint density at radius 1 is 1.55 bits per heavy atom. The number of allylic oxidation sites excluding steroid dienone is 1. The Balaban J connectivity index is 0. The van der Waals surface area contributed by atoms with Crippen LogP contribution in [0.3, 0.4) is 0 Å². The maximum absolute atomic E-state index is 10.0. The molecule has 1 amide bonds. The largest absolute Gasteiger partial charge is 0.366 e. The van der Waals surface area contributed by atoms with E-state index >= 15 is 0 Å². The molecule has 0 aliphatic heterocycles. The van der Waals surface area contributed by atoms with E-state index in [1.807, 2.05) is 21.0 Å². The summed E-state index contributed by atoms with van der Waals surface area (Å²) in [5, 5.41) is 2.75. The van der Waals surface area contributed by atoms with Crippen LogP contribution in [-0.4, -0.2) is 20.0 Å². The van der Waals surface area contributed by atoms with E-state index in [4.69, 9.17) is 5.73 Å². The molecule has 0 aromatic carbocycles. The lowest BCUT2D eigenvalue weighted by Gasteiger charge is -1.80. The number of carbonyl (C=O) groups excluding carboxylic acids is 1. The summed E-state index contributed by atoms with van der Waals surface area (Å²) in [6.07, 6.45) is 5.17. The summed E-state index contributed by atoms with van der Waals surface area (Å²) in [5.74, 6) is -0.363. The summed E-state index contributed by atoms with van der Waals surface area (Å²) in [6.45, 7) is 2.05. The van der Waals surface area contributed by atoms with Gasteiger partial charge >= 0.3 is 0 Å². The monoisotopic (exact) mass is 158 g/mol. The summed E-state index contributed by atoms with van der Waals surface area (Å²) in [7, 11) is 3.75. The molecule has 0 radical (unpaired) electrons. The standard InChI is InChI=1S/C6H11NO.C2H7N/c1-2-3-4-5-6(7)8;1-3-2/h4-5H,2-3H2,1H3,(H2,7,8);3H,1-2H3. The van der Waals surface area contributed by atoms with Gasteiger partial charge in [0.05, 0.1) is 0 Å². The number of primary amides is 1. The van der Waals surface area contributed by atoms with Gasteiger partial charge in [-0.05, 0) is 26.6 Å². The van der Waals surface area contributed by atoms with Gasteiger partial charge in [-0.25, -0.2) is 0 Å². The first-order valence-corrected chi connectivity index (χ1v) is 3.73. The summed E-state index contributed by atoms with van der Waals surface area (Å²) < 4.78 is 0. The van der Waals surface area contributed by atoms with Crippen LogP contribution < -0.4 is 11.1 Å². The molecule has 3 N–H and O–H groups in total. The number of amides is 1. The Bertz CT molecular complexity index is 111. The van der Waals surface area contributed by atoms with Gasteiger partial charge in [-0.1, -0.05) is 19.4 Å². The van der Waals surface area contributed by atoms with Crippen LogP contribution in [0.25, 0.3) is 0 Å². The molecule has 0 aromatic heterocycles. The topological polar surface area (TPSA) is 55.1 Å². The Labute approximate surface area is 68.7 Å². The highest BCUT2D eigenvalue weighted by atomic mass is 16.1. The summed E-state index contributed by atoms with van der Waals surface area (Å²) in [5.41, 5.74) is 4.81. The van der Waals surface area contributed by atoms with Gasteiger partial charge in [0.15, 0.2) is 0 Å². The van der Waals surface area contributed by atoms with Crippen LogP contribution in [0.2, 0.25) is 0 Å². The van der Waals surface area contributed by atoms with Crippen LogP contribution in [0, 0.1) is 0 Å². The number of carbonyl (C=O) groups is 1. The van der Waals surface area contributed by atoms with Crippen molar-refractivity contribution >= 4 is 5.91 Å². The molecule has 0 aromatic rings. The maximum atomic E-state index is 10.0. The zero-order valence-electron chi connectivity index (χ0n) is 7.55. The average molecular weight is 158 g/mol. The van der Waals surface area contributed by atoms with E-state index in [-0.39, 0.29) is 5.91 Å². The molecule has 0 aliphatic rings. The van der Waals surface area contributed by atoms with Crippen molar-refractivity contribution in [2.24, 2.45) is 5.73 Å². The smallest absolute Gasteiger partial charge is 0.241 e. The maximum Gasteiger partial charge on any atom is 0.241 e. The molecule has 0 fully saturated rings. The Morgan fingerprint density at radius 2 is 2.00 bits per heavy atom. The third-order valence-electron chi connectivity index (χ3n) is 0.737. The van der Waals surface area contributed by atoms with Crippen LogP contribution >= 0.6 is 0 Å². The second-order valence-electron chi connectivity index (χ2n) is 2.09. The molecule has 0 saturated heterocycles. The van der Waals surface area contributed by atoms with Crippen molar-refractivity contribution in [3.05, 3.63) is 12.2 Å². The predicted molar refractivity (Wildman–Crippen MR) is 48.2 cm³/mol. The fourth-order valence-corrected chi connectivity index (χ4v) is 0.366. The number of unbranched alkanes of at least 4 members (excludes halogenated alkanes) is 1. The van der Waals surface area contributed by atoms with Crippen LogP contribution in [0.15, 0.2) is 12.2 Å². The zero-order valence-corrected chi connectivity index (χ0v) is 7.55. The predicted octanol–water partition coefficient (Wildman–Crippen LogP) is 0.664. The lowest BCUT2D eigenvalue weighted by Crippen LogP contribution is -2.05. The summed E-state index contributed by atoms with van der Waals surface area (Å²) in [6, 6.07) is 0. The van der Waals surface area contributed by atoms with E-state index in [1.165, 1.54) is 6.08 Å². The van der Waals surface area contributed by atoms with E-state index in [2.05, 4.69) is 5.32 Å². The number of rotatable bonds is 3. The minimum absolute atomic E-state index is 0.363. The second kappa shape index (κ2) is 11.9. The van der Waals surface area contributed by atoms with Crippen molar-refractivity contribution in [1.82, 2.24) is 5.32 Å².